The Morgan fingerprint density at radius 1 is 1.28 bits per heavy atom. The lowest BCUT2D eigenvalue weighted by Gasteiger charge is -2.36. The largest absolute Gasteiger partial charge is 0.516 e. The van der Waals surface area contributed by atoms with Crippen molar-refractivity contribution in [1.29, 1.82) is 0 Å². The summed E-state index contributed by atoms with van der Waals surface area (Å²) in [5, 5.41) is 2.64. The third-order valence-corrected chi connectivity index (χ3v) is 5.69. The zero-order valence-electron chi connectivity index (χ0n) is 17.0. The van der Waals surface area contributed by atoms with Crippen molar-refractivity contribution in [3.63, 3.8) is 0 Å². The number of quaternary nitrogens is 1. The highest BCUT2D eigenvalue weighted by molar-refractivity contribution is 7.85. The quantitative estimate of drug-likeness (QED) is 0.497. The van der Waals surface area contributed by atoms with Crippen LogP contribution in [-0.4, -0.2) is 70.2 Å². The Labute approximate surface area is 171 Å². The molecule has 0 spiro atoms. The summed E-state index contributed by atoms with van der Waals surface area (Å²) < 4.78 is 38.0. The molecule has 2 amide bonds. The van der Waals surface area contributed by atoms with Gasteiger partial charge in [-0.05, 0) is 12.5 Å². The highest BCUT2D eigenvalue weighted by Gasteiger charge is 2.49. The van der Waals surface area contributed by atoms with Crippen LogP contribution >= 0.6 is 0 Å². The van der Waals surface area contributed by atoms with Crippen LogP contribution in [0.5, 0.6) is 0 Å². The molecule has 0 saturated carbocycles. The van der Waals surface area contributed by atoms with Gasteiger partial charge >= 0.3 is 12.2 Å². The molecule has 162 valence electrons. The molecule has 1 aromatic rings. The lowest BCUT2D eigenvalue weighted by molar-refractivity contribution is -0.868. The van der Waals surface area contributed by atoms with E-state index < -0.39 is 28.3 Å². The summed E-state index contributed by atoms with van der Waals surface area (Å²) in [6.07, 6.45) is 1.45. The van der Waals surface area contributed by atoms with Gasteiger partial charge < -0.3 is 14.8 Å². The molecule has 9 nitrogen and oxygen atoms in total. The number of carbonyl (C=O) groups is 2. The predicted molar refractivity (Wildman–Crippen MR) is 105 cm³/mol. The standard InChI is InChI=1S/C19H28N2O7S/c1-15-8-7-11-21(15,19(23)26-2)12-17(14-28-29(3,24)25)20-18(22)27-13-16-9-5-4-6-10-16/h4-6,9-10,15,17H,7-8,11-14H2,1-3H3/p+1/t15-,17+,21?/m1/s1. The van der Waals surface area contributed by atoms with E-state index in [0.29, 0.717) is 6.54 Å². The fourth-order valence-corrected chi connectivity index (χ4v) is 4.02. The fraction of sp³-hybridized carbons (Fsp3) is 0.579. The Morgan fingerprint density at radius 2 is 1.97 bits per heavy atom. The molecule has 1 fully saturated rings. The normalized spacial score (nSPS) is 22.7. The number of methoxy groups -OCH3 is 1. The van der Waals surface area contributed by atoms with E-state index in [9.17, 15) is 18.0 Å². The number of carbonyl (C=O) groups excluding carboxylic acids is 2. The van der Waals surface area contributed by atoms with E-state index in [1.165, 1.54) is 7.11 Å². The monoisotopic (exact) mass is 429 g/mol. The number of nitrogens with one attached hydrogen (secondary N) is 1. The smallest absolute Gasteiger partial charge is 0.445 e. The predicted octanol–water partition coefficient (Wildman–Crippen LogP) is 2.02. The van der Waals surface area contributed by atoms with Crippen LogP contribution in [0.3, 0.4) is 0 Å². The molecule has 1 unspecified atom stereocenters. The van der Waals surface area contributed by atoms with Crippen molar-refractivity contribution in [2.45, 2.75) is 38.5 Å². The number of nitrogens with zero attached hydrogens (tertiary/aromatic N) is 1. The van der Waals surface area contributed by atoms with Crippen molar-refractivity contribution in [3.8, 4) is 0 Å². The van der Waals surface area contributed by atoms with E-state index in [1.807, 2.05) is 37.3 Å². The molecule has 1 heterocycles. The molecular weight excluding hydrogens is 400 g/mol. The maximum Gasteiger partial charge on any atom is 0.516 e. The van der Waals surface area contributed by atoms with Crippen LogP contribution in [-0.2, 0) is 30.4 Å². The third kappa shape index (κ3) is 6.69. The molecule has 0 radical (unpaired) electrons. The van der Waals surface area contributed by atoms with Gasteiger partial charge in [-0.1, -0.05) is 30.3 Å². The number of hydrogen-bond acceptors (Lipinski definition) is 7. The van der Waals surface area contributed by atoms with E-state index in [4.69, 9.17) is 13.7 Å². The molecule has 1 aliphatic heterocycles. The minimum Gasteiger partial charge on any atom is -0.445 e. The zero-order chi connectivity index (χ0) is 21.5. The average Bonchev–Trinajstić information content (AvgIpc) is 3.05. The van der Waals surface area contributed by atoms with E-state index >= 15 is 0 Å². The Morgan fingerprint density at radius 3 is 2.52 bits per heavy atom. The Bertz CT molecular complexity index is 800. The van der Waals surface area contributed by atoms with Gasteiger partial charge in [0, 0.05) is 12.8 Å². The fourth-order valence-electron chi connectivity index (χ4n) is 3.61. The molecule has 10 heteroatoms. The number of hydrogen-bond donors (Lipinski definition) is 1. The minimum absolute atomic E-state index is 0.00669. The van der Waals surface area contributed by atoms with Gasteiger partial charge in [0.05, 0.1) is 32.6 Å². The van der Waals surface area contributed by atoms with Gasteiger partial charge in [0.2, 0.25) is 0 Å². The Hall–Kier alpha value is -2.17. The van der Waals surface area contributed by atoms with E-state index in [0.717, 1.165) is 24.7 Å². The van der Waals surface area contributed by atoms with Crippen LogP contribution in [0.2, 0.25) is 0 Å². The second-order valence-corrected chi connectivity index (χ2v) is 8.94. The summed E-state index contributed by atoms with van der Waals surface area (Å²) in [4.78, 5) is 24.8. The van der Waals surface area contributed by atoms with Gasteiger partial charge in [-0.15, -0.1) is 0 Å². The van der Waals surface area contributed by atoms with Gasteiger partial charge in [0.15, 0.2) is 0 Å². The molecule has 0 bridgehead atoms. The SMILES string of the molecule is COC(=O)[N+]1(C[C@@H](COS(C)(=O)=O)NC(=O)OCc2ccccc2)CCC[C@H]1C. The Balaban J connectivity index is 2.09. The molecule has 1 aromatic carbocycles. The van der Waals surface area contributed by atoms with Crippen LogP contribution in [0.1, 0.15) is 25.3 Å². The number of rotatable bonds is 8. The van der Waals surface area contributed by atoms with Gasteiger partial charge in [-0.3, -0.25) is 4.18 Å². The molecule has 1 aliphatic rings. The topological polar surface area (TPSA) is 108 Å². The summed E-state index contributed by atoms with van der Waals surface area (Å²) >= 11 is 0. The number of benzene rings is 1. The summed E-state index contributed by atoms with van der Waals surface area (Å²) in [5.41, 5.74) is 0.817. The molecule has 0 aromatic heterocycles. The lowest BCUT2D eigenvalue weighted by Crippen LogP contribution is -2.61. The third-order valence-electron chi connectivity index (χ3n) is 5.13. The van der Waals surface area contributed by atoms with Crippen molar-refractivity contribution in [1.82, 2.24) is 5.32 Å². The molecule has 2 rings (SSSR count). The highest BCUT2D eigenvalue weighted by atomic mass is 32.2. The summed E-state index contributed by atoms with van der Waals surface area (Å²) in [7, 11) is -2.40. The molecule has 0 aliphatic carbocycles. The maximum absolute atomic E-state index is 12.5. The number of amides is 2. The first-order chi connectivity index (χ1) is 13.7. The van der Waals surface area contributed by atoms with Crippen molar-refractivity contribution in [2.75, 3.05) is 33.1 Å². The number of alkyl carbamates (subject to hydrolysis) is 1. The van der Waals surface area contributed by atoms with E-state index in [-0.39, 0.29) is 30.3 Å². The van der Waals surface area contributed by atoms with E-state index in [1.54, 1.807) is 0 Å². The summed E-state index contributed by atoms with van der Waals surface area (Å²) in [6.45, 7) is 2.39. The maximum atomic E-state index is 12.5. The average molecular weight is 430 g/mol. The first-order valence-corrected chi connectivity index (χ1v) is 11.2. The first-order valence-electron chi connectivity index (χ1n) is 9.43. The van der Waals surface area contributed by atoms with Crippen LogP contribution in [0.15, 0.2) is 30.3 Å². The number of likely N-dealkylation sites (tertiary alicyclic amines) is 1. The van der Waals surface area contributed by atoms with Gasteiger partial charge in [0.25, 0.3) is 10.1 Å². The van der Waals surface area contributed by atoms with Crippen LogP contribution in [0.4, 0.5) is 9.59 Å². The van der Waals surface area contributed by atoms with Crippen LogP contribution < -0.4 is 5.32 Å². The first kappa shape index (κ1) is 23.1. The van der Waals surface area contributed by atoms with Crippen molar-refractivity contribution >= 4 is 22.3 Å². The molecule has 3 atom stereocenters. The highest BCUT2D eigenvalue weighted by Crippen LogP contribution is 2.29. The zero-order valence-corrected chi connectivity index (χ0v) is 17.8. The second-order valence-electron chi connectivity index (χ2n) is 7.29. The number of ether oxygens (including phenoxy) is 2. The van der Waals surface area contributed by atoms with Crippen molar-refractivity contribution in [2.24, 2.45) is 0 Å². The minimum atomic E-state index is -3.72. The second kappa shape index (κ2) is 10.0. The van der Waals surface area contributed by atoms with Crippen LogP contribution in [0.25, 0.3) is 0 Å². The van der Waals surface area contributed by atoms with Gasteiger partial charge in [0.1, 0.15) is 19.2 Å². The van der Waals surface area contributed by atoms with Gasteiger partial charge in [-0.2, -0.15) is 13.2 Å². The summed E-state index contributed by atoms with van der Waals surface area (Å²) in [5.74, 6) is 0. The van der Waals surface area contributed by atoms with Crippen molar-refractivity contribution in [3.05, 3.63) is 35.9 Å². The molecular formula is C19H29N2O7S+. The van der Waals surface area contributed by atoms with Crippen molar-refractivity contribution < 1.29 is 36.1 Å². The summed E-state index contributed by atoms with van der Waals surface area (Å²) in [6, 6.07) is 8.38. The van der Waals surface area contributed by atoms with E-state index in [2.05, 4.69) is 5.32 Å². The Kier molecular flexibility index (Phi) is 8.00. The molecule has 1 saturated heterocycles. The molecule has 1 N–H and O–H groups in total. The lowest BCUT2D eigenvalue weighted by atomic mass is 10.2. The molecule has 29 heavy (non-hydrogen) atoms. The van der Waals surface area contributed by atoms with Crippen LogP contribution in [0, 0.1) is 0 Å². The van der Waals surface area contributed by atoms with Gasteiger partial charge in [-0.25, -0.2) is 9.28 Å².